The van der Waals surface area contributed by atoms with Crippen LogP contribution in [0.4, 0.5) is 5.69 Å². The molecule has 0 saturated heterocycles. The van der Waals surface area contributed by atoms with E-state index in [1.54, 1.807) is 50.6 Å². The van der Waals surface area contributed by atoms with E-state index in [1.165, 1.54) is 12.0 Å². The molecule has 1 heterocycles. The first-order valence-electron chi connectivity index (χ1n) is 8.69. The highest BCUT2D eigenvalue weighted by Gasteiger charge is 2.18. The van der Waals surface area contributed by atoms with Crippen LogP contribution in [-0.4, -0.2) is 38.8 Å². The number of anilines is 1. The Morgan fingerprint density at radius 2 is 1.64 bits per heavy atom. The Morgan fingerprint density at radius 3 is 2.29 bits per heavy atom. The largest absolute Gasteiger partial charge is 0.497 e. The molecule has 0 bridgehead atoms. The Hall–Kier alpha value is -3.32. The molecule has 0 saturated carbocycles. The van der Waals surface area contributed by atoms with Crippen molar-refractivity contribution in [1.29, 1.82) is 0 Å². The highest BCUT2D eigenvalue weighted by molar-refractivity contribution is 5.94. The van der Waals surface area contributed by atoms with Crippen molar-refractivity contribution in [1.82, 2.24) is 4.98 Å². The highest BCUT2D eigenvalue weighted by atomic mass is 16.5. The lowest BCUT2D eigenvalue weighted by molar-refractivity contribution is -0.122. The molecule has 1 N–H and O–H groups in total. The van der Waals surface area contributed by atoms with E-state index in [1.807, 2.05) is 12.1 Å². The summed E-state index contributed by atoms with van der Waals surface area (Å²) in [5.74, 6) is 1.09. The van der Waals surface area contributed by atoms with E-state index >= 15 is 0 Å². The van der Waals surface area contributed by atoms with Gasteiger partial charge in [0.2, 0.25) is 0 Å². The summed E-state index contributed by atoms with van der Waals surface area (Å²) in [6.07, 6.45) is 0. The molecule has 0 aliphatic rings. The van der Waals surface area contributed by atoms with E-state index in [4.69, 9.17) is 14.2 Å². The molecule has 0 spiro atoms. The number of aromatic nitrogens is 1. The first-order valence-corrected chi connectivity index (χ1v) is 8.69. The molecule has 7 nitrogen and oxygen atoms in total. The minimum Gasteiger partial charge on any atom is -0.497 e. The molecule has 0 unspecified atom stereocenters. The Balaban J connectivity index is 1.98. The number of amides is 1. The standard InChI is InChI=1S/C21H22N2O5/c1-26-13-20(24)23(16-5-8-17(27-2)9-6-16)12-15-10-14-4-7-18(28-3)11-19(14)22-21(15)25/h4-11H,12-13H2,1-3H3,(H,22,25). The van der Waals surface area contributed by atoms with Crippen LogP contribution in [-0.2, 0) is 16.1 Å². The maximum Gasteiger partial charge on any atom is 0.253 e. The molecule has 0 aliphatic carbocycles. The van der Waals surface area contributed by atoms with Crippen LogP contribution in [0.2, 0.25) is 0 Å². The smallest absolute Gasteiger partial charge is 0.253 e. The zero-order chi connectivity index (χ0) is 20.1. The van der Waals surface area contributed by atoms with Crippen molar-refractivity contribution in [2.75, 3.05) is 32.8 Å². The second kappa shape index (κ2) is 8.58. The summed E-state index contributed by atoms with van der Waals surface area (Å²) in [4.78, 5) is 29.6. The number of pyridine rings is 1. The van der Waals surface area contributed by atoms with Gasteiger partial charge in [0, 0.05) is 24.4 Å². The van der Waals surface area contributed by atoms with Crippen molar-refractivity contribution >= 4 is 22.5 Å². The van der Waals surface area contributed by atoms with Crippen molar-refractivity contribution in [2.24, 2.45) is 0 Å². The molecule has 3 aromatic rings. The molecule has 1 amide bonds. The van der Waals surface area contributed by atoms with Crippen LogP contribution in [0.15, 0.2) is 53.3 Å². The van der Waals surface area contributed by atoms with Gasteiger partial charge in [0.1, 0.15) is 18.1 Å². The van der Waals surface area contributed by atoms with Gasteiger partial charge in [0.15, 0.2) is 0 Å². The molecule has 7 heteroatoms. The topological polar surface area (TPSA) is 80.9 Å². The Kier molecular flexibility index (Phi) is 5.96. The molecule has 0 fully saturated rings. The van der Waals surface area contributed by atoms with Gasteiger partial charge in [-0.25, -0.2) is 0 Å². The third-order valence-corrected chi connectivity index (χ3v) is 4.41. The number of aromatic amines is 1. The molecule has 0 radical (unpaired) electrons. The van der Waals surface area contributed by atoms with E-state index in [0.29, 0.717) is 28.3 Å². The predicted molar refractivity (Wildman–Crippen MR) is 107 cm³/mol. The van der Waals surface area contributed by atoms with E-state index in [2.05, 4.69) is 4.98 Å². The van der Waals surface area contributed by atoms with E-state index in [9.17, 15) is 9.59 Å². The third-order valence-electron chi connectivity index (χ3n) is 4.41. The van der Waals surface area contributed by atoms with Gasteiger partial charge in [-0.2, -0.15) is 0 Å². The molecule has 2 aromatic carbocycles. The summed E-state index contributed by atoms with van der Waals surface area (Å²) in [6.45, 7) is 0.0283. The van der Waals surface area contributed by atoms with Gasteiger partial charge in [0.25, 0.3) is 11.5 Å². The van der Waals surface area contributed by atoms with Crippen LogP contribution in [0.1, 0.15) is 5.56 Å². The first kappa shape index (κ1) is 19.4. The number of nitrogens with zero attached hydrogens (tertiary/aromatic N) is 1. The second-order valence-corrected chi connectivity index (χ2v) is 6.19. The van der Waals surface area contributed by atoms with Gasteiger partial charge in [0.05, 0.1) is 26.3 Å². The summed E-state index contributed by atoms with van der Waals surface area (Å²) >= 11 is 0. The van der Waals surface area contributed by atoms with Crippen molar-refractivity contribution in [3.8, 4) is 11.5 Å². The fourth-order valence-corrected chi connectivity index (χ4v) is 2.93. The number of nitrogens with one attached hydrogen (secondary N) is 1. The molecule has 146 valence electrons. The third kappa shape index (κ3) is 4.15. The second-order valence-electron chi connectivity index (χ2n) is 6.19. The number of hydrogen-bond acceptors (Lipinski definition) is 5. The van der Waals surface area contributed by atoms with Crippen LogP contribution in [0.25, 0.3) is 10.9 Å². The summed E-state index contributed by atoms with van der Waals surface area (Å²) < 4.78 is 15.4. The lowest BCUT2D eigenvalue weighted by Crippen LogP contribution is -2.35. The first-order chi connectivity index (χ1) is 13.5. The van der Waals surface area contributed by atoms with Crippen LogP contribution in [0.5, 0.6) is 11.5 Å². The van der Waals surface area contributed by atoms with E-state index in [-0.39, 0.29) is 24.6 Å². The number of H-pyrrole nitrogens is 1. The molecule has 0 atom stereocenters. The summed E-state index contributed by atoms with van der Waals surface area (Å²) in [5, 5.41) is 0.851. The van der Waals surface area contributed by atoms with Gasteiger partial charge in [-0.1, -0.05) is 0 Å². The lowest BCUT2D eigenvalue weighted by Gasteiger charge is -2.23. The Labute approximate surface area is 162 Å². The summed E-state index contributed by atoms with van der Waals surface area (Å²) in [6, 6.07) is 14.3. The van der Waals surface area contributed by atoms with Gasteiger partial charge in [-0.15, -0.1) is 0 Å². The fourth-order valence-electron chi connectivity index (χ4n) is 2.93. The number of carbonyl (C=O) groups is 1. The van der Waals surface area contributed by atoms with Crippen molar-refractivity contribution < 1.29 is 19.0 Å². The molecular formula is C21H22N2O5. The monoisotopic (exact) mass is 382 g/mol. The number of hydrogen-bond donors (Lipinski definition) is 1. The quantitative estimate of drug-likeness (QED) is 0.680. The molecule has 28 heavy (non-hydrogen) atoms. The normalized spacial score (nSPS) is 10.7. The minimum absolute atomic E-state index is 0.0886. The average molecular weight is 382 g/mol. The fraction of sp³-hybridized carbons (Fsp3) is 0.238. The Bertz CT molecular complexity index is 1030. The van der Waals surface area contributed by atoms with Crippen molar-refractivity contribution in [3.05, 3.63) is 64.4 Å². The average Bonchev–Trinajstić information content (AvgIpc) is 2.72. The Morgan fingerprint density at radius 1 is 0.964 bits per heavy atom. The van der Waals surface area contributed by atoms with E-state index in [0.717, 1.165) is 5.39 Å². The highest BCUT2D eigenvalue weighted by Crippen LogP contribution is 2.23. The van der Waals surface area contributed by atoms with E-state index < -0.39 is 0 Å². The molecule has 1 aromatic heterocycles. The van der Waals surface area contributed by atoms with Crippen LogP contribution >= 0.6 is 0 Å². The number of rotatable bonds is 7. The molecule has 0 aliphatic heterocycles. The van der Waals surface area contributed by atoms with Gasteiger partial charge < -0.3 is 24.1 Å². The number of ether oxygens (including phenoxy) is 3. The maximum absolute atomic E-state index is 12.6. The summed E-state index contributed by atoms with van der Waals surface area (Å²) in [7, 11) is 4.61. The number of methoxy groups -OCH3 is 3. The number of fused-ring (bicyclic) bond motifs is 1. The number of benzene rings is 2. The van der Waals surface area contributed by atoms with Gasteiger partial charge in [-0.3, -0.25) is 9.59 Å². The van der Waals surface area contributed by atoms with Gasteiger partial charge in [-0.05, 0) is 47.9 Å². The molecular weight excluding hydrogens is 360 g/mol. The zero-order valence-electron chi connectivity index (χ0n) is 16.0. The van der Waals surface area contributed by atoms with Crippen LogP contribution in [0.3, 0.4) is 0 Å². The van der Waals surface area contributed by atoms with Crippen LogP contribution < -0.4 is 19.9 Å². The molecule has 3 rings (SSSR count). The maximum atomic E-state index is 12.6. The number of carbonyl (C=O) groups excluding carboxylic acids is 1. The zero-order valence-corrected chi connectivity index (χ0v) is 16.0. The SMILES string of the molecule is COCC(=O)N(Cc1cc2ccc(OC)cc2[nH]c1=O)c1ccc(OC)cc1. The van der Waals surface area contributed by atoms with Crippen LogP contribution in [0, 0.1) is 0 Å². The van der Waals surface area contributed by atoms with Crippen molar-refractivity contribution in [2.45, 2.75) is 6.54 Å². The summed E-state index contributed by atoms with van der Waals surface area (Å²) in [5.41, 5.74) is 1.53. The predicted octanol–water partition coefficient (Wildman–Crippen LogP) is 2.72. The minimum atomic E-state index is -0.260. The van der Waals surface area contributed by atoms with Gasteiger partial charge >= 0.3 is 0 Å². The van der Waals surface area contributed by atoms with Crippen molar-refractivity contribution in [3.63, 3.8) is 0 Å². The lowest BCUT2D eigenvalue weighted by atomic mass is 10.1.